The van der Waals surface area contributed by atoms with Crippen molar-refractivity contribution in [1.29, 1.82) is 0 Å². The maximum absolute atomic E-state index is 12.7. The number of nitrogens with zero attached hydrogens (tertiary/aromatic N) is 3. The van der Waals surface area contributed by atoms with Gasteiger partial charge in [0.1, 0.15) is 0 Å². The zero-order chi connectivity index (χ0) is 14.7. The van der Waals surface area contributed by atoms with Gasteiger partial charge in [0.2, 0.25) is 0 Å². The Morgan fingerprint density at radius 3 is 2.52 bits per heavy atom. The van der Waals surface area contributed by atoms with Crippen molar-refractivity contribution in [2.45, 2.75) is 18.8 Å². The molecular formula is C14H21N3O3S. The van der Waals surface area contributed by atoms with Gasteiger partial charge in [0, 0.05) is 38.6 Å². The van der Waals surface area contributed by atoms with Crippen LogP contribution >= 0.6 is 0 Å². The molecule has 3 rings (SSSR count). The van der Waals surface area contributed by atoms with Crippen LogP contribution in [0.4, 0.5) is 0 Å². The summed E-state index contributed by atoms with van der Waals surface area (Å²) in [4.78, 5) is 4.03. The molecule has 0 aliphatic carbocycles. The van der Waals surface area contributed by atoms with Gasteiger partial charge < -0.3 is 4.74 Å². The summed E-state index contributed by atoms with van der Waals surface area (Å²) >= 11 is 0. The Balaban J connectivity index is 1.73. The van der Waals surface area contributed by atoms with Crippen molar-refractivity contribution in [3.8, 4) is 0 Å². The van der Waals surface area contributed by atoms with E-state index in [2.05, 4.69) is 4.98 Å². The van der Waals surface area contributed by atoms with Gasteiger partial charge in [-0.2, -0.15) is 17.0 Å². The van der Waals surface area contributed by atoms with Gasteiger partial charge in [-0.1, -0.05) is 0 Å². The molecule has 7 heteroatoms. The number of pyridine rings is 1. The molecule has 0 unspecified atom stereocenters. The highest BCUT2D eigenvalue weighted by Crippen LogP contribution is 2.28. The highest BCUT2D eigenvalue weighted by atomic mass is 32.2. The van der Waals surface area contributed by atoms with Gasteiger partial charge in [0.05, 0.1) is 13.2 Å². The van der Waals surface area contributed by atoms with Crippen molar-refractivity contribution in [2.24, 2.45) is 0 Å². The van der Waals surface area contributed by atoms with Crippen molar-refractivity contribution in [3.05, 3.63) is 30.1 Å². The van der Waals surface area contributed by atoms with Crippen molar-refractivity contribution in [1.82, 2.24) is 13.6 Å². The summed E-state index contributed by atoms with van der Waals surface area (Å²) in [6, 6.07) is 3.96. The molecule has 1 atom stereocenters. The van der Waals surface area contributed by atoms with Crippen LogP contribution in [0, 0.1) is 0 Å². The van der Waals surface area contributed by atoms with E-state index in [1.54, 1.807) is 21.0 Å². The molecule has 2 saturated heterocycles. The van der Waals surface area contributed by atoms with Gasteiger partial charge in [-0.3, -0.25) is 4.98 Å². The fraction of sp³-hybridized carbons (Fsp3) is 0.643. The lowest BCUT2D eigenvalue weighted by molar-refractivity contribution is 0.0695. The van der Waals surface area contributed by atoms with E-state index in [1.807, 2.05) is 12.1 Å². The molecule has 1 aromatic heterocycles. The summed E-state index contributed by atoms with van der Waals surface area (Å²) in [5.41, 5.74) is 1.17. The third kappa shape index (κ3) is 3.26. The number of hydrogen-bond acceptors (Lipinski definition) is 4. The first-order valence-electron chi connectivity index (χ1n) is 7.41. The van der Waals surface area contributed by atoms with Crippen LogP contribution in [-0.4, -0.2) is 61.4 Å². The predicted octanol–water partition coefficient (Wildman–Crippen LogP) is 0.838. The second-order valence-electron chi connectivity index (χ2n) is 5.50. The zero-order valence-corrected chi connectivity index (χ0v) is 12.8. The summed E-state index contributed by atoms with van der Waals surface area (Å²) in [5.74, 6) is 0.262. The minimum atomic E-state index is -3.35. The number of morpholine rings is 1. The zero-order valence-electron chi connectivity index (χ0n) is 12.0. The summed E-state index contributed by atoms with van der Waals surface area (Å²) in [6.07, 6.45) is 5.46. The third-order valence-corrected chi connectivity index (χ3v) is 6.19. The van der Waals surface area contributed by atoms with Crippen LogP contribution < -0.4 is 0 Å². The predicted molar refractivity (Wildman–Crippen MR) is 79.1 cm³/mol. The van der Waals surface area contributed by atoms with Crippen LogP contribution in [0.5, 0.6) is 0 Å². The van der Waals surface area contributed by atoms with E-state index in [1.165, 1.54) is 5.56 Å². The maximum atomic E-state index is 12.7. The Bertz CT molecular complexity index is 558. The Hall–Kier alpha value is -1.02. The normalized spacial score (nSPS) is 25.8. The van der Waals surface area contributed by atoms with E-state index < -0.39 is 10.2 Å². The molecule has 0 bridgehead atoms. The standard InChI is InChI=1S/C14H21N3O3S/c18-21(19,16-8-10-20-11-9-16)17-7-1-2-14(12-17)13-3-5-15-6-4-13/h3-6,14H,1-2,7-12H2/t14-/m0/s1. The van der Waals surface area contributed by atoms with Crippen LogP contribution in [0.15, 0.2) is 24.5 Å². The molecule has 0 spiro atoms. The van der Waals surface area contributed by atoms with E-state index in [4.69, 9.17) is 4.74 Å². The second kappa shape index (κ2) is 6.39. The van der Waals surface area contributed by atoms with Crippen LogP contribution in [-0.2, 0) is 14.9 Å². The average Bonchev–Trinajstić information content (AvgIpc) is 2.57. The molecule has 0 aromatic carbocycles. The highest BCUT2D eigenvalue weighted by molar-refractivity contribution is 7.86. The minimum Gasteiger partial charge on any atom is -0.379 e. The molecule has 2 fully saturated rings. The molecule has 2 aliphatic heterocycles. The largest absolute Gasteiger partial charge is 0.379 e. The van der Waals surface area contributed by atoms with E-state index >= 15 is 0 Å². The molecule has 21 heavy (non-hydrogen) atoms. The number of aromatic nitrogens is 1. The van der Waals surface area contributed by atoms with Gasteiger partial charge in [0.25, 0.3) is 10.2 Å². The quantitative estimate of drug-likeness (QED) is 0.830. The monoisotopic (exact) mass is 311 g/mol. The van der Waals surface area contributed by atoms with Crippen molar-refractivity contribution < 1.29 is 13.2 Å². The molecule has 0 saturated carbocycles. The summed E-state index contributed by atoms with van der Waals surface area (Å²) in [6.45, 7) is 3.06. The van der Waals surface area contributed by atoms with E-state index in [0.717, 1.165) is 12.8 Å². The number of hydrogen-bond donors (Lipinski definition) is 0. The van der Waals surface area contributed by atoms with E-state index in [0.29, 0.717) is 39.4 Å². The fourth-order valence-corrected chi connectivity index (χ4v) is 4.67. The molecular weight excluding hydrogens is 290 g/mol. The van der Waals surface area contributed by atoms with Gasteiger partial charge in [-0.25, -0.2) is 0 Å². The van der Waals surface area contributed by atoms with Crippen LogP contribution in [0.1, 0.15) is 24.3 Å². The Kier molecular flexibility index (Phi) is 4.54. The van der Waals surface area contributed by atoms with Crippen molar-refractivity contribution in [2.75, 3.05) is 39.4 Å². The fourth-order valence-electron chi connectivity index (χ4n) is 3.00. The van der Waals surface area contributed by atoms with Crippen LogP contribution in [0.25, 0.3) is 0 Å². The van der Waals surface area contributed by atoms with Gasteiger partial charge in [0.15, 0.2) is 0 Å². The second-order valence-corrected chi connectivity index (χ2v) is 7.43. The first-order chi connectivity index (χ1) is 10.2. The van der Waals surface area contributed by atoms with Gasteiger partial charge in [-0.05, 0) is 36.5 Å². The molecule has 6 nitrogen and oxygen atoms in total. The Morgan fingerprint density at radius 2 is 1.81 bits per heavy atom. The van der Waals surface area contributed by atoms with E-state index in [9.17, 15) is 8.42 Å². The summed E-state index contributed by atoms with van der Waals surface area (Å²) in [7, 11) is -3.35. The number of piperidine rings is 1. The SMILES string of the molecule is O=S(=O)(N1CCOCC1)N1CCC[C@H](c2ccncc2)C1. The first kappa shape index (κ1) is 14.9. The molecule has 0 amide bonds. The molecule has 0 N–H and O–H groups in total. The number of rotatable bonds is 3. The molecule has 3 heterocycles. The molecule has 1 aromatic rings. The summed E-state index contributed by atoms with van der Waals surface area (Å²) in [5, 5.41) is 0. The maximum Gasteiger partial charge on any atom is 0.282 e. The average molecular weight is 311 g/mol. The molecule has 116 valence electrons. The van der Waals surface area contributed by atoms with Crippen molar-refractivity contribution >= 4 is 10.2 Å². The van der Waals surface area contributed by atoms with E-state index in [-0.39, 0.29) is 5.92 Å². The lowest BCUT2D eigenvalue weighted by Gasteiger charge is -2.36. The smallest absolute Gasteiger partial charge is 0.282 e. The highest BCUT2D eigenvalue weighted by Gasteiger charge is 2.34. The minimum absolute atomic E-state index is 0.262. The lowest BCUT2D eigenvalue weighted by atomic mass is 9.92. The van der Waals surface area contributed by atoms with Crippen molar-refractivity contribution in [3.63, 3.8) is 0 Å². The summed E-state index contributed by atoms with van der Waals surface area (Å²) < 4.78 is 33.8. The number of ether oxygens (including phenoxy) is 1. The molecule has 0 radical (unpaired) electrons. The Labute approximate surface area is 125 Å². The Morgan fingerprint density at radius 1 is 1.10 bits per heavy atom. The van der Waals surface area contributed by atoms with Gasteiger partial charge in [-0.15, -0.1) is 0 Å². The van der Waals surface area contributed by atoms with Crippen LogP contribution in [0.2, 0.25) is 0 Å². The van der Waals surface area contributed by atoms with Crippen LogP contribution in [0.3, 0.4) is 0 Å². The lowest BCUT2D eigenvalue weighted by Crippen LogP contribution is -2.51. The van der Waals surface area contributed by atoms with Gasteiger partial charge >= 0.3 is 0 Å². The molecule has 2 aliphatic rings. The third-order valence-electron chi connectivity index (χ3n) is 4.18. The topological polar surface area (TPSA) is 62.7 Å². The first-order valence-corrected chi connectivity index (χ1v) is 8.80.